The standard InChI is InChI=1S/C11H16N4O/c1-11(4-2-3-7-14-11)10(16)15(8-5-12)9-6-13/h14H,2-4,7-9H2,1H3. The molecule has 1 N–H and O–H groups in total. The molecular weight excluding hydrogens is 204 g/mol. The molecule has 5 nitrogen and oxygen atoms in total. The van der Waals surface area contributed by atoms with Gasteiger partial charge in [0.25, 0.3) is 0 Å². The highest BCUT2D eigenvalue weighted by atomic mass is 16.2. The van der Waals surface area contributed by atoms with Gasteiger partial charge in [0.1, 0.15) is 13.1 Å². The Morgan fingerprint density at radius 1 is 1.38 bits per heavy atom. The number of carbonyl (C=O) groups excluding carboxylic acids is 1. The molecule has 16 heavy (non-hydrogen) atoms. The van der Waals surface area contributed by atoms with Gasteiger partial charge in [-0.1, -0.05) is 0 Å². The van der Waals surface area contributed by atoms with Crippen molar-refractivity contribution in [3.8, 4) is 12.1 Å². The summed E-state index contributed by atoms with van der Waals surface area (Å²) in [7, 11) is 0. The summed E-state index contributed by atoms with van der Waals surface area (Å²) >= 11 is 0. The third kappa shape index (κ3) is 2.71. The predicted molar refractivity (Wildman–Crippen MR) is 58.1 cm³/mol. The molecule has 0 bridgehead atoms. The van der Waals surface area contributed by atoms with Crippen LogP contribution in [0.1, 0.15) is 26.2 Å². The van der Waals surface area contributed by atoms with Gasteiger partial charge in [-0.15, -0.1) is 0 Å². The van der Waals surface area contributed by atoms with E-state index in [-0.39, 0.29) is 19.0 Å². The molecule has 0 spiro atoms. The van der Waals surface area contributed by atoms with Crippen molar-refractivity contribution in [3.05, 3.63) is 0 Å². The van der Waals surface area contributed by atoms with E-state index in [1.807, 2.05) is 19.1 Å². The Morgan fingerprint density at radius 3 is 2.44 bits per heavy atom. The summed E-state index contributed by atoms with van der Waals surface area (Å²) < 4.78 is 0. The maximum Gasteiger partial charge on any atom is 0.244 e. The maximum absolute atomic E-state index is 12.2. The second kappa shape index (κ2) is 5.48. The topological polar surface area (TPSA) is 79.9 Å². The third-order valence-electron chi connectivity index (χ3n) is 2.90. The first-order chi connectivity index (χ1) is 7.64. The molecule has 1 unspecified atom stereocenters. The van der Waals surface area contributed by atoms with E-state index in [0.29, 0.717) is 0 Å². The van der Waals surface area contributed by atoms with E-state index in [2.05, 4.69) is 5.32 Å². The molecule has 0 aromatic rings. The van der Waals surface area contributed by atoms with Crippen LogP contribution in [0.15, 0.2) is 0 Å². The molecule has 1 aliphatic heterocycles. The smallest absolute Gasteiger partial charge is 0.244 e. The number of nitriles is 2. The summed E-state index contributed by atoms with van der Waals surface area (Å²) in [5.41, 5.74) is -0.605. The summed E-state index contributed by atoms with van der Waals surface area (Å²) in [5, 5.41) is 20.4. The van der Waals surface area contributed by atoms with Crippen LogP contribution in [0.2, 0.25) is 0 Å². The zero-order chi connectivity index (χ0) is 12.0. The molecule has 0 aromatic heterocycles. The summed E-state index contributed by atoms with van der Waals surface area (Å²) in [6, 6.07) is 3.83. The highest BCUT2D eigenvalue weighted by molar-refractivity contribution is 5.86. The molecule has 1 rings (SSSR count). The molecule has 5 heteroatoms. The summed E-state index contributed by atoms with van der Waals surface area (Å²) in [6.45, 7) is 2.61. The first-order valence-corrected chi connectivity index (χ1v) is 5.42. The molecule has 1 aliphatic rings. The first-order valence-electron chi connectivity index (χ1n) is 5.42. The Labute approximate surface area is 95.6 Å². The number of nitrogens with zero attached hydrogens (tertiary/aromatic N) is 3. The van der Waals surface area contributed by atoms with E-state index in [4.69, 9.17) is 10.5 Å². The van der Waals surface area contributed by atoms with Gasteiger partial charge in [0, 0.05) is 0 Å². The zero-order valence-corrected chi connectivity index (χ0v) is 9.49. The van der Waals surface area contributed by atoms with Crippen LogP contribution in [0.5, 0.6) is 0 Å². The summed E-state index contributed by atoms with van der Waals surface area (Å²) in [5.74, 6) is -0.143. The monoisotopic (exact) mass is 220 g/mol. The maximum atomic E-state index is 12.2. The Hall–Kier alpha value is -1.59. The molecule has 0 aliphatic carbocycles. The minimum absolute atomic E-state index is 0.0241. The van der Waals surface area contributed by atoms with Crippen LogP contribution in [0, 0.1) is 22.7 Å². The van der Waals surface area contributed by atoms with Gasteiger partial charge in [0.2, 0.25) is 5.91 Å². The minimum Gasteiger partial charge on any atom is -0.314 e. The average Bonchev–Trinajstić information content (AvgIpc) is 2.29. The Bertz CT molecular complexity index is 317. The van der Waals surface area contributed by atoms with Gasteiger partial charge in [-0.2, -0.15) is 10.5 Å². The average molecular weight is 220 g/mol. The van der Waals surface area contributed by atoms with Crippen LogP contribution in [0.4, 0.5) is 0 Å². The fourth-order valence-electron chi connectivity index (χ4n) is 1.96. The number of hydrogen-bond acceptors (Lipinski definition) is 4. The lowest BCUT2D eigenvalue weighted by atomic mass is 9.89. The SMILES string of the molecule is CC1(C(=O)N(CC#N)CC#N)CCCCN1. The lowest BCUT2D eigenvalue weighted by molar-refractivity contribution is -0.137. The van der Waals surface area contributed by atoms with E-state index >= 15 is 0 Å². The zero-order valence-electron chi connectivity index (χ0n) is 9.49. The molecule has 1 amide bonds. The van der Waals surface area contributed by atoms with Crippen LogP contribution in [0.3, 0.4) is 0 Å². The van der Waals surface area contributed by atoms with Crippen molar-refractivity contribution in [2.45, 2.75) is 31.7 Å². The lowest BCUT2D eigenvalue weighted by Crippen LogP contribution is -2.58. The Morgan fingerprint density at radius 2 is 2.00 bits per heavy atom. The van der Waals surface area contributed by atoms with E-state index in [1.165, 1.54) is 4.90 Å². The largest absolute Gasteiger partial charge is 0.314 e. The van der Waals surface area contributed by atoms with Crippen molar-refractivity contribution in [2.75, 3.05) is 19.6 Å². The number of amides is 1. The Kier molecular flexibility index (Phi) is 4.28. The number of nitrogens with one attached hydrogen (secondary N) is 1. The second-order valence-corrected chi connectivity index (χ2v) is 4.19. The highest BCUT2D eigenvalue weighted by Gasteiger charge is 2.37. The molecule has 1 fully saturated rings. The van der Waals surface area contributed by atoms with Crippen molar-refractivity contribution in [2.24, 2.45) is 0 Å². The molecule has 1 heterocycles. The fourth-order valence-corrected chi connectivity index (χ4v) is 1.96. The van der Waals surface area contributed by atoms with Crippen LogP contribution >= 0.6 is 0 Å². The molecule has 1 saturated heterocycles. The molecule has 1 atom stereocenters. The quantitative estimate of drug-likeness (QED) is 0.698. The second-order valence-electron chi connectivity index (χ2n) is 4.19. The van der Waals surface area contributed by atoms with Crippen LogP contribution in [-0.2, 0) is 4.79 Å². The molecular formula is C11H16N4O. The van der Waals surface area contributed by atoms with Gasteiger partial charge < -0.3 is 10.2 Å². The minimum atomic E-state index is -0.605. The molecule has 86 valence electrons. The van der Waals surface area contributed by atoms with Gasteiger partial charge in [0.15, 0.2) is 0 Å². The van der Waals surface area contributed by atoms with Gasteiger partial charge in [-0.3, -0.25) is 4.79 Å². The fraction of sp³-hybridized carbons (Fsp3) is 0.727. The Balaban J connectivity index is 2.73. The normalized spacial score (nSPS) is 24.2. The van der Waals surface area contributed by atoms with Gasteiger partial charge >= 0.3 is 0 Å². The molecule has 0 saturated carbocycles. The first kappa shape index (κ1) is 12.5. The van der Waals surface area contributed by atoms with E-state index in [9.17, 15) is 4.79 Å². The van der Waals surface area contributed by atoms with Crippen molar-refractivity contribution >= 4 is 5.91 Å². The van der Waals surface area contributed by atoms with Gasteiger partial charge in [0.05, 0.1) is 17.7 Å². The number of carbonyl (C=O) groups is 1. The number of hydrogen-bond donors (Lipinski definition) is 1. The highest BCUT2D eigenvalue weighted by Crippen LogP contribution is 2.21. The van der Waals surface area contributed by atoms with Crippen LogP contribution in [0.25, 0.3) is 0 Å². The van der Waals surface area contributed by atoms with Crippen LogP contribution < -0.4 is 5.32 Å². The summed E-state index contributed by atoms with van der Waals surface area (Å²) in [6.07, 6.45) is 2.83. The van der Waals surface area contributed by atoms with E-state index < -0.39 is 5.54 Å². The third-order valence-corrected chi connectivity index (χ3v) is 2.90. The van der Waals surface area contributed by atoms with Crippen molar-refractivity contribution in [3.63, 3.8) is 0 Å². The van der Waals surface area contributed by atoms with Gasteiger partial charge in [-0.25, -0.2) is 0 Å². The summed E-state index contributed by atoms with van der Waals surface area (Å²) in [4.78, 5) is 13.5. The van der Waals surface area contributed by atoms with Crippen molar-refractivity contribution < 1.29 is 4.79 Å². The van der Waals surface area contributed by atoms with Crippen molar-refractivity contribution in [1.82, 2.24) is 10.2 Å². The van der Waals surface area contributed by atoms with Gasteiger partial charge in [-0.05, 0) is 32.7 Å². The lowest BCUT2D eigenvalue weighted by Gasteiger charge is -2.36. The molecule has 0 aromatic carbocycles. The van der Waals surface area contributed by atoms with E-state index in [0.717, 1.165) is 25.8 Å². The number of rotatable bonds is 3. The van der Waals surface area contributed by atoms with Crippen molar-refractivity contribution in [1.29, 1.82) is 10.5 Å². The van der Waals surface area contributed by atoms with Crippen LogP contribution in [-0.4, -0.2) is 36.0 Å². The van der Waals surface area contributed by atoms with E-state index in [1.54, 1.807) is 0 Å². The molecule has 0 radical (unpaired) electrons. The predicted octanol–water partition coefficient (Wildman–Crippen LogP) is 0.394. The number of piperidine rings is 1.